The summed E-state index contributed by atoms with van der Waals surface area (Å²) in [5, 5.41) is 0. The summed E-state index contributed by atoms with van der Waals surface area (Å²) in [6, 6.07) is 8.30. The predicted molar refractivity (Wildman–Crippen MR) is 61.9 cm³/mol. The Morgan fingerprint density at radius 1 is 1.07 bits per heavy atom. The van der Waals surface area contributed by atoms with Crippen molar-refractivity contribution in [2.75, 3.05) is 0 Å². The molecule has 1 aliphatic carbocycles. The van der Waals surface area contributed by atoms with Crippen molar-refractivity contribution in [2.45, 2.75) is 38.0 Å². The second kappa shape index (κ2) is 3.69. The molecule has 0 aliphatic heterocycles. The molecule has 1 fully saturated rings. The molecule has 0 amide bonds. The van der Waals surface area contributed by atoms with Crippen LogP contribution in [0.25, 0.3) is 11.0 Å². The lowest BCUT2D eigenvalue weighted by Gasteiger charge is -2.18. The Morgan fingerprint density at radius 2 is 1.87 bits per heavy atom. The highest BCUT2D eigenvalue weighted by atomic mass is 14.9. The van der Waals surface area contributed by atoms with E-state index in [1.807, 2.05) is 6.07 Å². The molecule has 15 heavy (non-hydrogen) atoms. The maximum absolute atomic E-state index is 4.68. The molecule has 0 bridgehead atoms. The third-order valence-electron chi connectivity index (χ3n) is 3.40. The van der Waals surface area contributed by atoms with Crippen LogP contribution in [0.2, 0.25) is 0 Å². The van der Waals surface area contributed by atoms with E-state index in [0.717, 1.165) is 5.52 Å². The van der Waals surface area contributed by atoms with E-state index in [1.165, 1.54) is 43.4 Å². The molecule has 2 heteroatoms. The summed E-state index contributed by atoms with van der Waals surface area (Å²) in [4.78, 5) is 8.14. The van der Waals surface area contributed by atoms with E-state index in [0.29, 0.717) is 5.92 Å². The standard InChI is InChI=1S/C13H16N2/c1-2-6-10(7-3-1)13-14-11-8-4-5-9-12(11)15-13/h4-5,8-10H,1-3,6-7H2,(H,14,15). The molecule has 1 saturated carbocycles. The molecule has 0 atom stereocenters. The number of aromatic nitrogens is 2. The zero-order chi connectivity index (χ0) is 10.1. The van der Waals surface area contributed by atoms with Gasteiger partial charge in [-0.3, -0.25) is 0 Å². The van der Waals surface area contributed by atoms with E-state index >= 15 is 0 Å². The van der Waals surface area contributed by atoms with Crippen LogP contribution in [0.3, 0.4) is 0 Å². The van der Waals surface area contributed by atoms with E-state index in [4.69, 9.17) is 0 Å². The molecular weight excluding hydrogens is 184 g/mol. The van der Waals surface area contributed by atoms with E-state index in [2.05, 4.69) is 28.2 Å². The van der Waals surface area contributed by atoms with E-state index in [9.17, 15) is 0 Å². The minimum atomic E-state index is 0.672. The SMILES string of the molecule is c1ccc2[nH]c(C3CCCCC3)nc2c1. The van der Waals surface area contributed by atoms with Gasteiger partial charge in [0.05, 0.1) is 11.0 Å². The first-order chi connectivity index (χ1) is 7.43. The normalized spacial score (nSPS) is 18.4. The number of hydrogen-bond donors (Lipinski definition) is 1. The largest absolute Gasteiger partial charge is 0.342 e. The molecule has 0 unspecified atom stereocenters. The number of nitrogens with one attached hydrogen (secondary N) is 1. The highest BCUT2D eigenvalue weighted by Crippen LogP contribution is 2.31. The lowest BCUT2D eigenvalue weighted by atomic mass is 9.89. The molecular formula is C13H16N2. The van der Waals surface area contributed by atoms with Gasteiger partial charge in [0.25, 0.3) is 0 Å². The Balaban J connectivity index is 1.96. The van der Waals surface area contributed by atoms with Crippen LogP contribution in [-0.2, 0) is 0 Å². The average molecular weight is 200 g/mol. The number of imidazole rings is 1. The van der Waals surface area contributed by atoms with Gasteiger partial charge in [0.1, 0.15) is 5.82 Å². The van der Waals surface area contributed by atoms with Crippen LogP contribution < -0.4 is 0 Å². The second-order valence-electron chi connectivity index (χ2n) is 4.47. The van der Waals surface area contributed by atoms with Gasteiger partial charge in [-0.05, 0) is 25.0 Å². The van der Waals surface area contributed by atoms with Crippen molar-refractivity contribution in [2.24, 2.45) is 0 Å². The van der Waals surface area contributed by atoms with E-state index in [-0.39, 0.29) is 0 Å². The van der Waals surface area contributed by atoms with Gasteiger partial charge in [0.15, 0.2) is 0 Å². The molecule has 0 spiro atoms. The van der Waals surface area contributed by atoms with Gasteiger partial charge in [0.2, 0.25) is 0 Å². The highest BCUT2D eigenvalue weighted by molar-refractivity contribution is 5.74. The van der Waals surface area contributed by atoms with Gasteiger partial charge in [-0.2, -0.15) is 0 Å². The monoisotopic (exact) mass is 200 g/mol. The van der Waals surface area contributed by atoms with Crippen LogP contribution in [0, 0.1) is 0 Å². The van der Waals surface area contributed by atoms with E-state index in [1.54, 1.807) is 0 Å². The first-order valence-electron chi connectivity index (χ1n) is 5.88. The van der Waals surface area contributed by atoms with Gasteiger partial charge in [-0.25, -0.2) is 4.98 Å². The molecule has 1 aliphatic rings. The molecule has 3 rings (SSSR count). The number of nitrogens with zero attached hydrogens (tertiary/aromatic N) is 1. The third-order valence-corrected chi connectivity index (χ3v) is 3.40. The zero-order valence-corrected chi connectivity index (χ0v) is 8.87. The Morgan fingerprint density at radius 3 is 2.67 bits per heavy atom. The Kier molecular flexibility index (Phi) is 2.20. The number of rotatable bonds is 1. The van der Waals surface area contributed by atoms with Gasteiger partial charge >= 0.3 is 0 Å². The van der Waals surface area contributed by atoms with Gasteiger partial charge in [-0.1, -0.05) is 31.4 Å². The van der Waals surface area contributed by atoms with Crippen molar-refractivity contribution in [1.82, 2.24) is 9.97 Å². The van der Waals surface area contributed by atoms with Crippen molar-refractivity contribution in [3.05, 3.63) is 30.1 Å². The van der Waals surface area contributed by atoms with Gasteiger partial charge < -0.3 is 4.98 Å². The number of aromatic amines is 1. The fourth-order valence-electron chi connectivity index (χ4n) is 2.54. The number of H-pyrrole nitrogens is 1. The third kappa shape index (κ3) is 1.65. The maximum atomic E-state index is 4.68. The van der Waals surface area contributed by atoms with Crippen molar-refractivity contribution in [1.29, 1.82) is 0 Å². The summed E-state index contributed by atoms with van der Waals surface area (Å²) in [5.74, 6) is 1.88. The number of para-hydroxylation sites is 2. The minimum Gasteiger partial charge on any atom is -0.342 e. The second-order valence-corrected chi connectivity index (χ2v) is 4.47. The quantitative estimate of drug-likeness (QED) is 0.748. The van der Waals surface area contributed by atoms with Crippen LogP contribution in [0.4, 0.5) is 0 Å². The molecule has 0 radical (unpaired) electrons. The summed E-state index contributed by atoms with van der Waals surface area (Å²) in [7, 11) is 0. The van der Waals surface area contributed by atoms with Crippen molar-refractivity contribution in [3.63, 3.8) is 0 Å². The zero-order valence-electron chi connectivity index (χ0n) is 8.87. The van der Waals surface area contributed by atoms with Crippen LogP contribution in [0.1, 0.15) is 43.8 Å². The van der Waals surface area contributed by atoms with Crippen molar-refractivity contribution < 1.29 is 0 Å². The summed E-state index contributed by atoms with van der Waals surface area (Å²) in [5.41, 5.74) is 2.29. The van der Waals surface area contributed by atoms with Gasteiger partial charge in [0, 0.05) is 5.92 Å². The molecule has 78 valence electrons. The van der Waals surface area contributed by atoms with Crippen LogP contribution in [0.5, 0.6) is 0 Å². The van der Waals surface area contributed by atoms with Crippen molar-refractivity contribution >= 4 is 11.0 Å². The molecule has 0 saturated heterocycles. The molecule has 2 nitrogen and oxygen atoms in total. The molecule has 1 aromatic carbocycles. The molecule has 1 heterocycles. The van der Waals surface area contributed by atoms with Crippen LogP contribution >= 0.6 is 0 Å². The first-order valence-corrected chi connectivity index (χ1v) is 5.88. The highest BCUT2D eigenvalue weighted by Gasteiger charge is 2.18. The van der Waals surface area contributed by atoms with Crippen LogP contribution in [0.15, 0.2) is 24.3 Å². The fraction of sp³-hybridized carbons (Fsp3) is 0.462. The molecule has 2 aromatic rings. The number of fused-ring (bicyclic) bond motifs is 1. The number of hydrogen-bond acceptors (Lipinski definition) is 1. The average Bonchev–Trinajstić information content (AvgIpc) is 2.74. The summed E-state index contributed by atoms with van der Waals surface area (Å²) in [6.07, 6.45) is 6.74. The Labute approximate surface area is 89.7 Å². The predicted octanol–water partition coefficient (Wildman–Crippen LogP) is 3.61. The lowest BCUT2D eigenvalue weighted by Crippen LogP contribution is -2.05. The molecule has 1 N–H and O–H groups in total. The van der Waals surface area contributed by atoms with Crippen molar-refractivity contribution in [3.8, 4) is 0 Å². The number of benzene rings is 1. The Hall–Kier alpha value is -1.31. The first kappa shape index (κ1) is 8.96. The van der Waals surface area contributed by atoms with Gasteiger partial charge in [-0.15, -0.1) is 0 Å². The summed E-state index contributed by atoms with van der Waals surface area (Å²) < 4.78 is 0. The minimum absolute atomic E-state index is 0.672. The fourth-order valence-corrected chi connectivity index (χ4v) is 2.54. The summed E-state index contributed by atoms with van der Waals surface area (Å²) >= 11 is 0. The van der Waals surface area contributed by atoms with Crippen LogP contribution in [-0.4, -0.2) is 9.97 Å². The topological polar surface area (TPSA) is 28.7 Å². The lowest BCUT2D eigenvalue weighted by molar-refractivity contribution is 0.431. The summed E-state index contributed by atoms with van der Waals surface area (Å²) in [6.45, 7) is 0. The Bertz CT molecular complexity index is 419. The van der Waals surface area contributed by atoms with E-state index < -0.39 is 0 Å². The smallest absolute Gasteiger partial charge is 0.110 e. The maximum Gasteiger partial charge on any atom is 0.110 e. The molecule has 1 aromatic heterocycles.